The van der Waals surface area contributed by atoms with E-state index in [4.69, 9.17) is 9.47 Å². The lowest BCUT2D eigenvalue weighted by atomic mass is 10.2. The Morgan fingerprint density at radius 3 is 2.48 bits per heavy atom. The van der Waals surface area contributed by atoms with Crippen molar-refractivity contribution < 1.29 is 19.4 Å². The normalized spacial score (nSPS) is 11.3. The van der Waals surface area contributed by atoms with E-state index in [0.717, 1.165) is 17.3 Å². The van der Waals surface area contributed by atoms with E-state index in [1.54, 1.807) is 50.9 Å². The summed E-state index contributed by atoms with van der Waals surface area (Å²) < 4.78 is 12.5. The molecule has 0 bridgehead atoms. The molecule has 0 aliphatic rings. The van der Waals surface area contributed by atoms with Crippen LogP contribution in [0, 0.1) is 0 Å². The number of nitrogens with zero attached hydrogens (tertiary/aromatic N) is 4. The van der Waals surface area contributed by atoms with Gasteiger partial charge in [0.1, 0.15) is 16.4 Å². The van der Waals surface area contributed by atoms with Crippen molar-refractivity contribution in [1.29, 1.82) is 0 Å². The SMILES string of the molecule is CCn1c(S/C(=C\c2cccnc2)C(=O)O)nnc1-c1cc(OC)cc(OC)c1. The molecule has 8 nitrogen and oxygen atoms in total. The lowest BCUT2D eigenvalue weighted by Gasteiger charge is -2.10. The molecule has 0 saturated carbocycles. The molecule has 0 fully saturated rings. The van der Waals surface area contributed by atoms with Crippen molar-refractivity contribution in [2.45, 2.75) is 18.6 Å². The Kier molecular flexibility index (Phi) is 6.50. The Hall–Kier alpha value is -3.33. The molecule has 29 heavy (non-hydrogen) atoms. The predicted molar refractivity (Wildman–Crippen MR) is 110 cm³/mol. The molecule has 150 valence electrons. The van der Waals surface area contributed by atoms with Crippen LogP contribution in [-0.4, -0.2) is 45.0 Å². The largest absolute Gasteiger partial charge is 0.497 e. The highest BCUT2D eigenvalue weighted by Gasteiger charge is 2.19. The van der Waals surface area contributed by atoms with Crippen molar-refractivity contribution >= 4 is 23.8 Å². The fourth-order valence-electron chi connectivity index (χ4n) is 2.65. The van der Waals surface area contributed by atoms with Crippen molar-refractivity contribution in [3.8, 4) is 22.9 Å². The minimum absolute atomic E-state index is 0.120. The lowest BCUT2D eigenvalue weighted by Crippen LogP contribution is -2.03. The second-order valence-corrected chi connectivity index (χ2v) is 6.86. The van der Waals surface area contributed by atoms with Gasteiger partial charge in [-0.05, 0) is 48.5 Å². The number of thioether (sulfide) groups is 1. The zero-order chi connectivity index (χ0) is 20.8. The van der Waals surface area contributed by atoms with E-state index in [0.29, 0.717) is 34.6 Å². The number of carboxylic acid groups (broad SMARTS) is 1. The Morgan fingerprint density at radius 1 is 1.21 bits per heavy atom. The van der Waals surface area contributed by atoms with Gasteiger partial charge in [0, 0.05) is 30.6 Å². The Balaban J connectivity index is 1.99. The van der Waals surface area contributed by atoms with Crippen molar-refractivity contribution in [2.75, 3.05) is 14.2 Å². The van der Waals surface area contributed by atoms with Crippen LogP contribution in [-0.2, 0) is 11.3 Å². The number of ether oxygens (including phenoxy) is 2. The third-order valence-corrected chi connectivity index (χ3v) is 5.03. The van der Waals surface area contributed by atoms with Gasteiger partial charge in [-0.25, -0.2) is 4.79 Å². The molecule has 0 radical (unpaired) electrons. The standard InChI is InChI=1S/C20H20N4O4S/c1-4-24-18(14-9-15(27-2)11-16(10-14)28-3)22-23-20(24)29-17(19(25)26)8-13-6-5-7-21-12-13/h5-12H,4H2,1-3H3,(H,25,26)/b17-8-. The van der Waals surface area contributed by atoms with Gasteiger partial charge in [-0.15, -0.1) is 10.2 Å². The number of hydrogen-bond acceptors (Lipinski definition) is 7. The van der Waals surface area contributed by atoms with Gasteiger partial charge in [-0.2, -0.15) is 0 Å². The molecule has 0 saturated heterocycles. The Bertz CT molecular complexity index is 1010. The summed E-state index contributed by atoms with van der Waals surface area (Å²) >= 11 is 1.04. The summed E-state index contributed by atoms with van der Waals surface area (Å²) in [5.74, 6) is 0.802. The maximum atomic E-state index is 11.8. The first-order valence-electron chi connectivity index (χ1n) is 8.75. The van der Waals surface area contributed by atoms with E-state index in [-0.39, 0.29) is 4.91 Å². The van der Waals surface area contributed by atoms with Crippen LogP contribution in [0.5, 0.6) is 11.5 Å². The summed E-state index contributed by atoms with van der Waals surface area (Å²) in [6.07, 6.45) is 4.79. The molecule has 2 heterocycles. The average molecular weight is 412 g/mol. The van der Waals surface area contributed by atoms with Crippen LogP contribution in [0.1, 0.15) is 12.5 Å². The minimum Gasteiger partial charge on any atom is -0.497 e. The number of hydrogen-bond donors (Lipinski definition) is 1. The first-order valence-corrected chi connectivity index (χ1v) is 9.56. The van der Waals surface area contributed by atoms with E-state index < -0.39 is 5.97 Å². The van der Waals surface area contributed by atoms with E-state index >= 15 is 0 Å². The maximum Gasteiger partial charge on any atom is 0.342 e. The molecule has 2 aromatic heterocycles. The van der Waals surface area contributed by atoms with Gasteiger partial charge in [0.2, 0.25) is 0 Å². The number of benzene rings is 1. The Labute approximate surface area is 172 Å². The van der Waals surface area contributed by atoms with Gasteiger partial charge in [-0.3, -0.25) is 4.98 Å². The number of carboxylic acids is 1. The van der Waals surface area contributed by atoms with E-state index in [9.17, 15) is 9.90 Å². The van der Waals surface area contributed by atoms with E-state index in [1.807, 2.05) is 23.6 Å². The molecule has 0 amide bonds. The maximum absolute atomic E-state index is 11.8. The highest BCUT2D eigenvalue weighted by Crippen LogP contribution is 2.33. The van der Waals surface area contributed by atoms with E-state index in [2.05, 4.69) is 15.2 Å². The van der Waals surface area contributed by atoms with Gasteiger partial charge in [-0.1, -0.05) is 6.07 Å². The molecule has 0 atom stereocenters. The van der Waals surface area contributed by atoms with Gasteiger partial charge in [0.15, 0.2) is 11.0 Å². The van der Waals surface area contributed by atoms with Crippen molar-refractivity contribution in [3.63, 3.8) is 0 Å². The van der Waals surface area contributed by atoms with Crippen LogP contribution < -0.4 is 9.47 Å². The molecule has 3 aromatic rings. The summed E-state index contributed by atoms with van der Waals surface area (Å²) in [5, 5.41) is 18.6. The van der Waals surface area contributed by atoms with Gasteiger partial charge >= 0.3 is 5.97 Å². The van der Waals surface area contributed by atoms with E-state index in [1.165, 1.54) is 0 Å². The number of carbonyl (C=O) groups is 1. The molecule has 0 aliphatic heterocycles. The van der Waals surface area contributed by atoms with Crippen molar-refractivity contribution in [3.05, 3.63) is 53.2 Å². The molecule has 0 unspecified atom stereocenters. The number of methoxy groups -OCH3 is 2. The monoisotopic (exact) mass is 412 g/mol. The summed E-state index contributed by atoms with van der Waals surface area (Å²) in [4.78, 5) is 15.9. The second-order valence-electron chi connectivity index (χ2n) is 5.85. The average Bonchev–Trinajstić information content (AvgIpc) is 3.16. The summed E-state index contributed by atoms with van der Waals surface area (Å²) in [6, 6.07) is 8.96. The van der Waals surface area contributed by atoms with Crippen LogP contribution in [0.25, 0.3) is 17.5 Å². The molecular formula is C20H20N4O4S. The molecule has 9 heteroatoms. The molecule has 3 rings (SSSR count). The molecule has 1 N–H and O–H groups in total. The van der Waals surface area contributed by atoms with Crippen molar-refractivity contribution in [1.82, 2.24) is 19.7 Å². The first-order chi connectivity index (χ1) is 14.0. The zero-order valence-electron chi connectivity index (χ0n) is 16.2. The van der Waals surface area contributed by atoms with Crippen LogP contribution in [0.2, 0.25) is 0 Å². The molecular weight excluding hydrogens is 392 g/mol. The number of rotatable bonds is 8. The van der Waals surface area contributed by atoms with Crippen LogP contribution in [0.3, 0.4) is 0 Å². The third kappa shape index (κ3) is 4.75. The number of aliphatic carboxylic acids is 1. The number of aromatic nitrogens is 4. The lowest BCUT2D eigenvalue weighted by molar-refractivity contribution is -0.131. The predicted octanol–water partition coefficient (Wildman–Crippen LogP) is 3.60. The van der Waals surface area contributed by atoms with Crippen LogP contribution >= 0.6 is 11.8 Å². The Morgan fingerprint density at radius 2 is 1.93 bits per heavy atom. The topological polar surface area (TPSA) is 99.4 Å². The molecule has 0 aliphatic carbocycles. The number of pyridine rings is 1. The zero-order valence-corrected chi connectivity index (χ0v) is 17.0. The van der Waals surface area contributed by atoms with Crippen molar-refractivity contribution in [2.24, 2.45) is 0 Å². The smallest absolute Gasteiger partial charge is 0.342 e. The minimum atomic E-state index is -1.05. The fourth-order valence-corrected chi connectivity index (χ4v) is 3.53. The van der Waals surface area contributed by atoms with Crippen LogP contribution in [0.15, 0.2) is 52.8 Å². The summed E-state index contributed by atoms with van der Waals surface area (Å²) in [7, 11) is 3.15. The van der Waals surface area contributed by atoms with Gasteiger partial charge < -0.3 is 19.1 Å². The summed E-state index contributed by atoms with van der Waals surface area (Å²) in [5.41, 5.74) is 1.45. The van der Waals surface area contributed by atoms with Gasteiger partial charge in [0.05, 0.1) is 14.2 Å². The third-order valence-electron chi connectivity index (χ3n) is 4.04. The van der Waals surface area contributed by atoms with Gasteiger partial charge in [0.25, 0.3) is 0 Å². The summed E-state index contributed by atoms with van der Waals surface area (Å²) in [6.45, 7) is 2.50. The molecule has 1 aromatic carbocycles. The van der Waals surface area contributed by atoms with Crippen LogP contribution in [0.4, 0.5) is 0 Å². The molecule has 0 spiro atoms. The second kappa shape index (κ2) is 9.24. The quantitative estimate of drug-likeness (QED) is 0.443. The first kappa shape index (κ1) is 20.4. The highest BCUT2D eigenvalue weighted by atomic mass is 32.2. The fraction of sp³-hybridized carbons (Fsp3) is 0.200. The highest BCUT2D eigenvalue weighted by molar-refractivity contribution is 8.04.